The number of fused-ring (bicyclic) bond motifs is 1. The van der Waals surface area contributed by atoms with E-state index in [0.29, 0.717) is 17.1 Å². The second-order valence-electron chi connectivity index (χ2n) is 13.9. The van der Waals surface area contributed by atoms with Crippen LogP contribution in [0.1, 0.15) is 56.9 Å². The topological polar surface area (TPSA) is 105 Å². The number of hydrogen-bond donors (Lipinski definition) is 2. The van der Waals surface area contributed by atoms with E-state index in [9.17, 15) is 23.9 Å². The second-order valence-corrected chi connectivity index (χ2v) is 13.9. The zero-order valence-electron chi connectivity index (χ0n) is 28.5. The molecule has 256 valence electrons. The van der Waals surface area contributed by atoms with Crippen LogP contribution in [0.25, 0.3) is 11.1 Å². The maximum atomic E-state index is 13.8. The van der Waals surface area contributed by atoms with Gasteiger partial charge in [-0.25, -0.2) is 14.0 Å². The minimum atomic E-state index is -1.24. The largest absolute Gasteiger partial charge is 0.480 e. The molecule has 0 saturated heterocycles. The van der Waals surface area contributed by atoms with Gasteiger partial charge in [0.05, 0.1) is 13.2 Å². The van der Waals surface area contributed by atoms with E-state index in [1.165, 1.54) is 22.6 Å². The molecular formula is C40H43FN2O6. The summed E-state index contributed by atoms with van der Waals surface area (Å²) in [7, 11) is 0. The molecule has 4 aromatic carbocycles. The van der Waals surface area contributed by atoms with Crippen molar-refractivity contribution < 1.29 is 33.4 Å². The first-order valence-corrected chi connectivity index (χ1v) is 16.5. The second kappa shape index (κ2) is 14.9. The third kappa shape index (κ3) is 9.04. The van der Waals surface area contributed by atoms with E-state index >= 15 is 0 Å². The number of rotatable bonds is 10. The van der Waals surface area contributed by atoms with Crippen LogP contribution in [0.15, 0.2) is 91.0 Å². The zero-order valence-corrected chi connectivity index (χ0v) is 28.5. The van der Waals surface area contributed by atoms with Crippen LogP contribution in [-0.4, -0.2) is 46.7 Å². The molecule has 0 radical (unpaired) electrons. The van der Waals surface area contributed by atoms with Gasteiger partial charge in [0.25, 0.3) is 0 Å². The first-order chi connectivity index (χ1) is 23.3. The highest BCUT2D eigenvalue weighted by atomic mass is 19.1. The van der Waals surface area contributed by atoms with Gasteiger partial charge >= 0.3 is 12.1 Å². The molecule has 0 spiro atoms. The van der Waals surface area contributed by atoms with Gasteiger partial charge in [0.2, 0.25) is 5.91 Å². The molecule has 0 aliphatic carbocycles. The van der Waals surface area contributed by atoms with E-state index in [2.05, 4.69) is 26.1 Å². The summed E-state index contributed by atoms with van der Waals surface area (Å²) in [5.41, 5.74) is 5.24. The van der Waals surface area contributed by atoms with Crippen LogP contribution in [0.2, 0.25) is 0 Å². The van der Waals surface area contributed by atoms with Crippen molar-refractivity contribution in [2.45, 2.75) is 71.5 Å². The lowest BCUT2D eigenvalue weighted by molar-refractivity contribution is -0.142. The number of amides is 2. The van der Waals surface area contributed by atoms with Crippen LogP contribution in [0.4, 0.5) is 9.18 Å². The van der Waals surface area contributed by atoms with E-state index in [4.69, 9.17) is 9.47 Å². The summed E-state index contributed by atoms with van der Waals surface area (Å²) < 4.78 is 25.0. The van der Waals surface area contributed by atoms with Gasteiger partial charge in [-0.05, 0) is 81.1 Å². The summed E-state index contributed by atoms with van der Waals surface area (Å²) in [5, 5.41) is 12.7. The molecule has 0 fully saturated rings. The Balaban J connectivity index is 1.32. The Morgan fingerprint density at radius 1 is 0.878 bits per heavy atom. The zero-order chi connectivity index (χ0) is 35.3. The van der Waals surface area contributed by atoms with Gasteiger partial charge < -0.3 is 19.9 Å². The number of hydrogen-bond acceptors (Lipinski definition) is 5. The third-order valence-electron chi connectivity index (χ3n) is 8.53. The maximum absolute atomic E-state index is 13.8. The number of aliphatic carboxylic acids is 1. The Hall–Kier alpha value is -5.18. The number of carbonyl (C=O) groups is 3. The number of carboxylic acid groups (broad SMARTS) is 1. The van der Waals surface area contributed by atoms with Crippen molar-refractivity contribution in [1.29, 1.82) is 0 Å². The van der Waals surface area contributed by atoms with Crippen LogP contribution in [0.3, 0.4) is 0 Å². The third-order valence-corrected chi connectivity index (χ3v) is 8.53. The minimum absolute atomic E-state index is 0.0170. The fourth-order valence-corrected chi connectivity index (χ4v) is 5.71. The highest BCUT2D eigenvalue weighted by Gasteiger charge is 2.37. The summed E-state index contributed by atoms with van der Waals surface area (Å²) in [6, 6.07) is 24.6. The van der Waals surface area contributed by atoms with Crippen molar-refractivity contribution >= 4 is 18.0 Å². The molecule has 9 heteroatoms. The molecule has 49 heavy (non-hydrogen) atoms. The molecule has 2 amide bonds. The van der Waals surface area contributed by atoms with Crippen molar-refractivity contribution in [3.05, 3.63) is 119 Å². The van der Waals surface area contributed by atoms with Crippen molar-refractivity contribution in [1.82, 2.24) is 10.2 Å². The molecule has 0 bridgehead atoms. The summed E-state index contributed by atoms with van der Waals surface area (Å²) in [5.74, 6) is -0.745. The Kier molecular flexibility index (Phi) is 10.7. The highest BCUT2D eigenvalue weighted by Crippen LogP contribution is 2.32. The van der Waals surface area contributed by atoms with E-state index in [0.717, 1.165) is 22.3 Å². The van der Waals surface area contributed by atoms with Crippen LogP contribution in [0, 0.1) is 11.7 Å². The molecule has 2 N–H and O–H groups in total. The fraction of sp³-hybridized carbons (Fsp3) is 0.325. The molecule has 0 saturated carbocycles. The van der Waals surface area contributed by atoms with E-state index < -0.39 is 30.1 Å². The van der Waals surface area contributed by atoms with Crippen LogP contribution < -0.4 is 10.1 Å². The summed E-state index contributed by atoms with van der Waals surface area (Å²) in [6.07, 6.45) is -0.438. The van der Waals surface area contributed by atoms with E-state index in [1.807, 2.05) is 68.4 Å². The van der Waals surface area contributed by atoms with E-state index in [-0.39, 0.29) is 43.1 Å². The lowest BCUT2D eigenvalue weighted by Gasteiger charge is -2.36. The highest BCUT2D eigenvalue weighted by molar-refractivity contribution is 5.90. The van der Waals surface area contributed by atoms with Gasteiger partial charge in [0.1, 0.15) is 29.4 Å². The molecule has 0 unspecified atom stereocenters. The van der Waals surface area contributed by atoms with Crippen molar-refractivity contribution in [2.24, 2.45) is 5.92 Å². The lowest BCUT2D eigenvalue weighted by Crippen LogP contribution is -2.56. The fourth-order valence-electron chi connectivity index (χ4n) is 5.71. The molecular weight excluding hydrogens is 623 g/mol. The number of ether oxygens (including phenoxy) is 2. The molecule has 8 nitrogen and oxygen atoms in total. The Morgan fingerprint density at radius 3 is 2.08 bits per heavy atom. The maximum Gasteiger partial charge on any atom is 0.410 e. The number of carbonyl (C=O) groups excluding carboxylic acids is 2. The molecule has 4 aromatic rings. The van der Waals surface area contributed by atoms with Gasteiger partial charge in [-0.15, -0.1) is 0 Å². The van der Waals surface area contributed by atoms with E-state index in [1.54, 1.807) is 24.3 Å². The van der Waals surface area contributed by atoms with Crippen LogP contribution in [-0.2, 0) is 39.1 Å². The quantitative estimate of drug-likeness (QED) is 0.178. The molecule has 2 atom stereocenters. The van der Waals surface area contributed by atoms with Gasteiger partial charge in [0.15, 0.2) is 0 Å². The number of nitrogens with zero attached hydrogens (tertiary/aromatic N) is 1. The van der Waals surface area contributed by atoms with Crippen molar-refractivity contribution in [3.63, 3.8) is 0 Å². The summed E-state index contributed by atoms with van der Waals surface area (Å²) in [4.78, 5) is 40.8. The number of halogens is 1. The van der Waals surface area contributed by atoms with Gasteiger partial charge in [-0.2, -0.15) is 0 Å². The van der Waals surface area contributed by atoms with Crippen LogP contribution in [0.5, 0.6) is 11.5 Å². The Labute approximate surface area is 286 Å². The molecule has 0 aromatic heterocycles. The molecule has 1 aliphatic rings. The first-order valence-electron chi connectivity index (χ1n) is 16.5. The van der Waals surface area contributed by atoms with Gasteiger partial charge in [-0.3, -0.25) is 9.69 Å². The average molecular weight is 667 g/mol. The minimum Gasteiger partial charge on any atom is -0.480 e. The summed E-state index contributed by atoms with van der Waals surface area (Å²) in [6.45, 7) is 10.6. The summed E-state index contributed by atoms with van der Waals surface area (Å²) >= 11 is 0. The van der Waals surface area contributed by atoms with Gasteiger partial charge in [0, 0.05) is 12.8 Å². The predicted octanol–water partition coefficient (Wildman–Crippen LogP) is 7.91. The number of carboxylic acids is 1. The standard InChI is InChI=1S/C40H43FN2O6/c1-25(2)24-48-39(47)43-23-30-21-34(49-33-18-13-31(14-19-33)40(3,4)5)17-12-29(30)22-36(43)37(44)42-35(38(45)46)20-26-6-8-27(9-7-26)28-10-15-32(41)16-11-28/h6-19,21,25,35-36H,20,22-24H2,1-5H3,(H,42,44)(H,45,46)/t35-,36-/m0/s1. The lowest BCUT2D eigenvalue weighted by atomic mass is 9.87. The SMILES string of the molecule is CC(C)COC(=O)N1Cc2cc(Oc3ccc(C(C)(C)C)cc3)ccc2C[C@H]1C(=O)N[C@@H](Cc1ccc(-c2ccc(F)cc2)cc1)C(=O)O. The molecule has 1 aliphatic heterocycles. The first kappa shape index (κ1) is 35.1. The van der Waals surface area contributed by atoms with Crippen molar-refractivity contribution in [2.75, 3.05) is 6.61 Å². The smallest absolute Gasteiger partial charge is 0.410 e. The van der Waals surface area contributed by atoms with Gasteiger partial charge in [-0.1, -0.05) is 89.2 Å². The average Bonchev–Trinajstić information content (AvgIpc) is 3.06. The monoisotopic (exact) mass is 666 g/mol. The Bertz CT molecular complexity index is 1780. The number of benzene rings is 4. The van der Waals surface area contributed by atoms with Crippen molar-refractivity contribution in [3.8, 4) is 22.6 Å². The normalized spacial score (nSPS) is 14.9. The van der Waals surface area contributed by atoms with Crippen LogP contribution >= 0.6 is 0 Å². The molecule has 5 rings (SSSR count). The number of nitrogens with one attached hydrogen (secondary N) is 1. The Morgan fingerprint density at radius 2 is 1.49 bits per heavy atom. The predicted molar refractivity (Wildman–Crippen MR) is 186 cm³/mol. The molecule has 1 heterocycles.